The van der Waals surface area contributed by atoms with Crippen LogP contribution in [0.25, 0.3) is 22.3 Å². The lowest BCUT2D eigenvalue weighted by Gasteiger charge is -2.25. The van der Waals surface area contributed by atoms with E-state index in [2.05, 4.69) is 48.0 Å². The molecule has 4 heterocycles. The zero-order valence-electron chi connectivity index (χ0n) is 19.8. The van der Waals surface area contributed by atoms with Crippen molar-refractivity contribution in [3.8, 4) is 16.9 Å². The summed E-state index contributed by atoms with van der Waals surface area (Å²) in [7, 11) is 0. The second-order valence-corrected chi connectivity index (χ2v) is 8.92. The Morgan fingerprint density at radius 2 is 1.97 bits per heavy atom. The number of H-pyrrole nitrogens is 2. The van der Waals surface area contributed by atoms with Crippen LogP contribution in [0.2, 0.25) is 0 Å². The summed E-state index contributed by atoms with van der Waals surface area (Å²) < 4.78 is 19.6. The van der Waals surface area contributed by atoms with Crippen LogP contribution in [0.4, 0.5) is 16.2 Å². The molecule has 1 aliphatic heterocycles. The fourth-order valence-electron chi connectivity index (χ4n) is 4.66. The molecule has 0 amide bonds. The summed E-state index contributed by atoms with van der Waals surface area (Å²) in [6.07, 6.45) is 4.20. The molecule has 36 heavy (non-hydrogen) atoms. The summed E-state index contributed by atoms with van der Waals surface area (Å²) >= 11 is 0. The number of aryl methyl sites for hydroxylation is 1. The average molecular weight is 483 g/mol. The van der Waals surface area contributed by atoms with Crippen molar-refractivity contribution >= 4 is 22.9 Å². The maximum atomic E-state index is 13.5. The van der Waals surface area contributed by atoms with Crippen molar-refractivity contribution < 1.29 is 14.1 Å². The smallest absolute Gasteiger partial charge is 0.299 e. The Labute approximate surface area is 207 Å². The van der Waals surface area contributed by atoms with Crippen LogP contribution in [-0.2, 0) is 13.0 Å². The van der Waals surface area contributed by atoms with Gasteiger partial charge in [-0.15, -0.1) is 4.98 Å². The van der Waals surface area contributed by atoms with Crippen LogP contribution in [0.15, 0.2) is 61.1 Å². The summed E-state index contributed by atoms with van der Waals surface area (Å²) in [5.74, 6) is 1.59. The number of nitrogens with two attached hydrogens (primary N) is 1. The largest absolute Gasteiger partial charge is 0.491 e. The molecule has 0 spiro atoms. The Kier molecular flexibility index (Phi) is 5.44. The number of halogens is 1. The highest BCUT2D eigenvalue weighted by Gasteiger charge is 2.22. The van der Waals surface area contributed by atoms with Gasteiger partial charge in [-0.1, -0.05) is 18.2 Å². The first-order chi connectivity index (χ1) is 17.5. The Hall–Kier alpha value is -4.53. The first kappa shape index (κ1) is 22.0. The van der Waals surface area contributed by atoms with Crippen molar-refractivity contribution in [3.05, 3.63) is 89.3 Å². The van der Waals surface area contributed by atoms with E-state index in [0.29, 0.717) is 26.1 Å². The van der Waals surface area contributed by atoms with E-state index in [-0.39, 0.29) is 11.8 Å². The van der Waals surface area contributed by atoms with Gasteiger partial charge in [-0.25, -0.2) is 14.4 Å². The lowest BCUT2D eigenvalue weighted by Crippen LogP contribution is -2.28. The predicted octanol–water partition coefficient (Wildman–Crippen LogP) is 3.85. The molecular weight excluding hydrogens is 457 g/mol. The molecule has 9 heteroatoms. The molecule has 8 nitrogen and oxygen atoms in total. The standard InChI is InChI=1S/C27H24FN7O/c1-16-22(10-17-2-5-21(28)6-3-17)26(34-27(29)33-16)35-8-9-36-24-7-4-18(11-20(24)14-35)19-12-23-25(30-13-19)32-15-31-23/h2-7,11-13,15H,8-10,14H2,1H3,(H2,29,33,34)(H,30,31,32)/p+1. The van der Waals surface area contributed by atoms with E-state index in [1.165, 1.54) is 12.1 Å². The molecule has 180 valence electrons. The van der Waals surface area contributed by atoms with Crippen molar-refractivity contribution in [1.29, 1.82) is 0 Å². The van der Waals surface area contributed by atoms with E-state index in [1.807, 2.05) is 19.2 Å². The van der Waals surface area contributed by atoms with E-state index in [1.54, 1.807) is 18.5 Å². The molecule has 5 aromatic rings. The van der Waals surface area contributed by atoms with Crippen LogP contribution in [-0.4, -0.2) is 33.1 Å². The van der Waals surface area contributed by atoms with E-state index < -0.39 is 0 Å². The highest BCUT2D eigenvalue weighted by Crippen LogP contribution is 2.33. The third-order valence-corrected chi connectivity index (χ3v) is 6.50. The van der Waals surface area contributed by atoms with Gasteiger partial charge in [0.15, 0.2) is 11.8 Å². The average Bonchev–Trinajstić information content (AvgIpc) is 3.24. The van der Waals surface area contributed by atoms with Crippen molar-refractivity contribution in [1.82, 2.24) is 19.9 Å². The lowest BCUT2D eigenvalue weighted by molar-refractivity contribution is -0.347. The number of benzene rings is 2. The Bertz CT molecular complexity index is 1570. The van der Waals surface area contributed by atoms with E-state index in [4.69, 9.17) is 10.5 Å². The molecule has 0 aliphatic carbocycles. The molecule has 2 aromatic carbocycles. The van der Waals surface area contributed by atoms with Crippen LogP contribution < -0.4 is 20.4 Å². The highest BCUT2D eigenvalue weighted by molar-refractivity contribution is 5.76. The van der Waals surface area contributed by atoms with E-state index in [9.17, 15) is 4.39 Å². The van der Waals surface area contributed by atoms with Crippen LogP contribution in [0.5, 0.6) is 5.75 Å². The molecule has 0 atom stereocenters. The number of nitrogen functional groups attached to an aromatic ring is 1. The van der Waals surface area contributed by atoms with Gasteiger partial charge in [-0.2, -0.15) is 4.98 Å². The van der Waals surface area contributed by atoms with Gasteiger partial charge in [0.1, 0.15) is 30.2 Å². The van der Waals surface area contributed by atoms with Crippen molar-refractivity contribution in [2.45, 2.75) is 19.9 Å². The molecule has 3 aromatic heterocycles. The number of hydrogen-bond donors (Lipinski definition) is 2. The summed E-state index contributed by atoms with van der Waals surface area (Å²) in [5, 5.41) is 0. The van der Waals surface area contributed by atoms with Gasteiger partial charge >= 0.3 is 0 Å². The normalized spacial score (nSPS) is 13.3. The summed E-state index contributed by atoms with van der Waals surface area (Å²) in [5.41, 5.74) is 13.7. The Balaban J connectivity index is 1.36. The first-order valence-corrected chi connectivity index (χ1v) is 11.8. The molecule has 0 bridgehead atoms. The number of ether oxygens (including phenoxy) is 1. The minimum atomic E-state index is -0.259. The molecule has 4 N–H and O–H groups in total. The van der Waals surface area contributed by atoms with E-state index in [0.717, 1.165) is 56.2 Å². The van der Waals surface area contributed by atoms with E-state index >= 15 is 0 Å². The number of hydrogen-bond acceptors (Lipinski definition) is 6. The first-order valence-electron chi connectivity index (χ1n) is 11.8. The molecule has 0 saturated heterocycles. The SMILES string of the molecule is Cc1nc(N)nc(N2CCOc3ccc(-c4cnc5[nH+]c[nH]c5c4)cc3C2)c1Cc1ccc(F)cc1. The number of nitrogens with one attached hydrogen (secondary N) is 2. The Morgan fingerprint density at radius 1 is 1.11 bits per heavy atom. The van der Waals surface area contributed by atoms with Crippen LogP contribution in [0, 0.1) is 12.7 Å². The third-order valence-electron chi connectivity index (χ3n) is 6.50. The number of rotatable bonds is 4. The maximum Gasteiger partial charge on any atom is 0.299 e. The summed E-state index contributed by atoms with van der Waals surface area (Å²) in [4.78, 5) is 22.0. The fourth-order valence-corrected chi connectivity index (χ4v) is 4.66. The van der Waals surface area contributed by atoms with Crippen LogP contribution >= 0.6 is 0 Å². The minimum absolute atomic E-state index is 0.228. The number of anilines is 2. The molecule has 1 aliphatic rings. The predicted molar refractivity (Wildman–Crippen MR) is 135 cm³/mol. The third kappa shape index (κ3) is 4.19. The zero-order valence-corrected chi connectivity index (χ0v) is 19.8. The van der Waals surface area contributed by atoms with Crippen molar-refractivity contribution in [2.24, 2.45) is 0 Å². The molecule has 0 radical (unpaired) electrons. The van der Waals surface area contributed by atoms with Crippen LogP contribution in [0.3, 0.4) is 0 Å². The number of imidazole rings is 1. The van der Waals surface area contributed by atoms with Gasteiger partial charge < -0.3 is 15.4 Å². The monoisotopic (exact) mass is 482 g/mol. The molecular formula is C27H25FN7O+. The lowest BCUT2D eigenvalue weighted by atomic mass is 10.0. The summed E-state index contributed by atoms with van der Waals surface area (Å²) in [6.45, 7) is 3.68. The highest BCUT2D eigenvalue weighted by atomic mass is 19.1. The fraction of sp³-hybridized carbons (Fsp3) is 0.185. The summed E-state index contributed by atoms with van der Waals surface area (Å²) in [6, 6.07) is 14.8. The number of nitrogens with zero attached hydrogens (tertiary/aromatic N) is 4. The number of aromatic amines is 2. The van der Waals surface area contributed by atoms with Crippen molar-refractivity contribution in [3.63, 3.8) is 0 Å². The minimum Gasteiger partial charge on any atom is -0.491 e. The maximum absolute atomic E-state index is 13.5. The van der Waals surface area contributed by atoms with Gasteiger partial charge in [-0.3, -0.25) is 4.98 Å². The number of fused-ring (bicyclic) bond motifs is 2. The van der Waals surface area contributed by atoms with Gasteiger partial charge in [0.05, 0.1) is 6.54 Å². The quantitative estimate of drug-likeness (QED) is 0.403. The van der Waals surface area contributed by atoms with Gasteiger partial charge in [-0.05, 0) is 48.4 Å². The van der Waals surface area contributed by atoms with Crippen molar-refractivity contribution in [2.75, 3.05) is 23.8 Å². The van der Waals surface area contributed by atoms with Gasteiger partial charge in [0.25, 0.3) is 5.65 Å². The van der Waals surface area contributed by atoms with Crippen LogP contribution in [0.1, 0.15) is 22.4 Å². The molecule has 0 fully saturated rings. The zero-order chi connectivity index (χ0) is 24.6. The topological polar surface area (TPSA) is 107 Å². The second-order valence-electron chi connectivity index (χ2n) is 8.92. The van der Waals surface area contributed by atoms with Gasteiger partial charge in [0.2, 0.25) is 5.95 Å². The molecule has 0 saturated carbocycles. The second kappa shape index (κ2) is 8.92. The van der Waals surface area contributed by atoms with Gasteiger partial charge in [0, 0.05) is 35.3 Å². The Morgan fingerprint density at radius 3 is 2.83 bits per heavy atom. The number of pyridine rings is 1. The molecule has 6 rings (SSSR count). The molecule has 0 unspecified atom stereocenters. The number of aromatic nitrogens is 5.